The first-order valence-electron chi connectivity index (χ1n) is 11.7. The number of sulfonamides is 1. The van der Waals surface area contributed by atoms with Crippen LogP contribution in [0, 0.1) is 12.8 Å². The Balaban J connectivity index is 1.55. The molecule has 0 saturated carbocycles. The van der Waals surface area contributed by atoms with Crippen molar-refractivity contribution in [2.45, 2.75) is 44.2 Å². The fourth-order valence-corrected chi connectivity index (χ4v) is 5.51. The molecule has 1 aromatic heterocycles. The summed E-state index contributed by atoms with van der Waals surface area (Å²) >= 11 is 0. The van der Waals surface area contributed by atoms with Crippen molar-refractivity contribution in [3.8, 4) is 0 Å². The van der Waals surface area contributed by atoms with Gasteiger partial charge in [-0.2, -0.15) is 0 Å². The molecule has 2 aliphatic heterocycles. The van der Waals surface area contributed by atoms with Crippen LogP contribution in [0.4, 0.5) is 0 Å². The number of furan rings is 1. The standard InChI is InChI=1S/C24H32N4O5S/c1-4-16(2)22(26-23-18-7-5-6-8-21(18)34(30,31)27-23)24(29)25-15-19(20-10-9-17(3)33-20)28-11-13-32-14-12-28/h5-10,16,19,22H,4,11-15H2,1-3H3,(H,25,29)(H,26,27)/t16-,19?,22-/m0/s1. The van der Waals surface area contributed by atoms with E-state index in [2.05, 4.69) is 19.9 Å². The number of morpholine rings is 1. The van der Waals surface area contributed by atoms with E-state index in [4.69, 9.17) is 9.15 Å². The Morgan fingerprint density at radius 2 is 1.94 bits per heavy atom. The van der Waals surface area contributed by atoms with Crippen LogP contribution in [0.25, 0.3) is 0 Å². The second-order valence-electron chi connectivity index (χ2n) is 8.77. The highest BCUT2D eigenvalue weighted by molar-refractivity contribution is 7.90. The number of nitrogens with one attached hydrogen (secondary N) is 2. The van der Waals surface area contributed by atoms with E-state index < -0.39 is 16.1 Å². The molecule has 1 amide bonds. The Kier molecular flexibility index (Phi) is 7.39. The summed E-state index contributed by atoms with van der Waals surface area (Å²) in [5, 5.41) is 3.06. The summed E-state index contributed by atoms with van der Waals surface area (Å²) in [5.41, 5.74) is 0.487. The molecule has 184 valence electrons. The van der Waals surface area contributed by atoms with Crippen molar-refractivity contribution in [2.24, 2.45) is 10.9 Å². The van der Waals surface area contributed by atoms with Gasteiger partial charge in [0.25, 0.3) is 10.0 Å². The quantitative estimate of drug-likeness (QED) is 0.589. The SMILES string of the molecule is CC[C@H](C)[C@H](N=C1NS(=O)(=O)c2ccccc21)C(=O)NCC(c1ccc(C)o1)N1CCOCC1. The van der Waals surface area contributed by atoms with E-state index in [1.54, 1.807) is 18.2 Å². The largest absolute Gasteiger partial charge is 0.465 e. The minimum atomic E-state index is -3.68. The first-order valence-corrected chi connectivity index (χ1v) is 13.1. The third-order valence-corrected chi connectivity index (χ3v) is 7.83. The first-order chi connectivity index (χ1) is 16.3. The molecule has 3 atom stereocenters. The topological polar surface area (TPSA) is 113 Å². The smallest absolute Gasteiger partial charge is 0.263 e. The zero-order chi connectivity index (χ0) is 24.3. The van der Waals surface area contributed by atoms with Gasteiger partial charge in [-0.05, 0) is 37.1 Å². The number of amides is 1. The lowest BCUT2D eigenvalue weighted by Crippen LogP contribution is -2.46. The first kappa shape index (κ1) is 24.4. The molecule has 2 aromatic rings. The van der Waals surface area contributed by atoms with Crippen molar-refractivity contribution in [1.82, 2.24) is 14.9 Å². The molecule has 1 saturated heterocycles. The lowest BCUT2D eigenvalue weighted by Gasteiger charge is -2.33. The summed E-state index contributed by atoms with van der Waals surface area (Å²) in [6, 6.07) is 9.66. The molecule has 2 aliphatic rings. The fraction of sp³-hybridized carbons (Fsp3) is 0.500. The summed E-state index contributed by atoms with van der Waals surface area (Å²) < 4.78 is 38.9. The van der Waals surface area contributed by atoms with Crippen LogP contribution in [-0.2, 0) is 19.6 Å². The maximum absolute atomic E-state index is 13.4. The van der Waals surface area contributed by atoms with Gasteiger partial charge in [0, 0.05) is 25.2 Å². The van der Waals surface area contributed by atoms with Gasteiger partial charge in [0.15, 0.2) is 0 Å². The zero-order valence-corrected chi connectivity index (χ0v) is 20.6. The number of amidine groups is 1. The van der Waals surface area contributed by atoms with Gasteiger partial charge in [-0.15, -0.1) is 0 Å². The molecule has 2 N–H and O–H groups in total. The van der Waals surface area contributed by atoms with Crippen LogP contribution in [-0.4, -0.2) is 64.0 Å². The molecule has 0 radical (unpaired) electrons. The van der Waals surface area contributed by atoms with Gasteiger partial charge < -0.3 is 14.5 Å². The van der Waals surface area contributed by atoms with Crippen LogP contribution in [0.15, 0.2) is 50.7 Å². The average Bonchev–Trinajstić information content (AvgIpc) is 3.38. The Bertz CT molecular complexity index is 1150. The van der Waals surface area contributed by atoms with E-state index in [1.165, 1.54) is 6.07 Å². The summed E-state index contributed by atoms with van der Waals surface area (Å²) in [7, 11) is -3.68. The highest BCUT2D eigenvalue weighted by Crippen LogP contribution is 2.25. The van der Waals surface area contributed by atoms with Crippen LogP contribution in [0.3, 0.4) is 0 Å². The normalized spacial score (nSPS) is 21.4. The van der Waals surface area contributed by atoms with Gasteiger partial charge in [-0.25, -0.2) is 8.42 Å². The molecule has 1 unspecified atom stereocenters. The van der Waals surface area contributed by atoms with Crippen LogP contribution in [0.1, 0.15) is 43.4 Å². The highest BCUT2D eigenvalue weighted by Gasteiger charge is 2.34. The number of aliphatic imine (C=N–C) groups is 1. The second-order valence-corrected chi connectivity index (χ2v) is 10.4. The lowest BCUT2D eigenvalue weighted by molar-refractivity contribution is -0.123. The summed E-state index contributed by atoms with van der Waals surface area (Å²) in [6.45, 7) is 8.94. The van der Waals surface area contributed by atoms with E-state index in [0.717, 1.165) is 24.6 Å². The van der Waals surface area contributed by atoms with Crippen LogP contribution in [0.5, 0.6) is 0 Å². The van der Waals surface area contributed by atoms with E-state index in [-0.39, 0.29) is 28.6 Å². The number of carbonyl (C=O) groups excluding carboxylic acids is 1. The molecule has 0 spiro atoms. The van der Waals surface area contributed by atoms with Gasteiger partial charge in [0.05, 0.1) is 24.2 Å². The van der Waals surface area contributed by atoms with E-state index >= 15 is 0 Å². The Labute approximate surface area is 200 Å². The number of fused-ring (bicyclic) bond motifs is 1. The molecule has 34 heavy (non-hydrogen) atoms. The van der Waals surface area contributed by atoms with Crippen molar-refractivity contribution in [1.29, 1.82) is 0 Å². The summed E-state index contributed by atoms with van der Waals surface area (Å²) in [4.78, 5) is 20.4. The van der Waals surface area contributed by atoms with Crippen molar-refractivity contribution in [3.05, 3.63) is 53.5 Å². The van der Waals surface area contributed by atoms with Crippen molar-refractivity contribution >= 4 is 21.8 Å². The minimum absolute atomic E-state index is 0.0857. The zero-order valence-electron chi connectivity index (χ0n) is 19.8. The van der Waals surface area contributed by atoms with Crippen molar-refractivity contribution in [2.75, 3.05) is 32.8 Å². The number of hydrogen-bond donors (Lipinski definition) is 2. The highest BCUT2D eigenvalue weighted by atomic mass is 32.2. The molecule has 0 aliphatic carbocycles. The van der Waals surface area contributed by atoms with E-state index in [0.29, 0.717) is 31.7 Å². The molecule has 1 fully saturated rings. The van der Waals surface area contributed by atoms with Gasteiger partial charge in [0.2, 0.25) is 5.91 Å². The Morgan fingerprint density at radius 3 is 2.62 bits per heavy atom. The molecule has 4 rings (SSSR count). The van der Waals surface area contributed by atoms with Crippen molar-refractivity contribution < 1.29 is 22.4 Å². The van der Waals surface area contributed by atoms with E-state index in [9.17, 15) is 13.2 Å². The number of carbonyl (C=O) groups is 1. The fourth-order valence-electron chi connectivity index (χ4n) is 4.27. The third-order valence-electron chi connectivity index (χ3n) is 6.43. The van der Waals surface area contributed by atoms with Crippen molar-refractivity contribution in [3.63, 3.8) is 0 Å². The second kappa shape index (κ2) is 10.3. The average molecular weight is 489 g/mol. The van der Waals surface area contributed by atoms with Crippen LogP contribution in [0.2, 0.25) is 0 Å². The number of benzene rings is 1. The predicted molar refractivity (Wildman–Crippen MR) is 128 cm³/mol. The monoisotopic (exact) mass is 488 g/mol. The molecule has 1 aromatic carbocycles. The molecule has 10 heteroatoms. The van der Waals surface area contributed by atoms with Gasteiger partial charge in [-0.3, -0.25) is 19.4 Å². The van der Waals surface area contributed by atoms with Crippen LogP contribution >= 0.6 is 0 Å². The van der Waals surface area contributed by atoms with Gasteiger partial charge >= 0.3 is 0 Å². The number of hydrogen-bond acceptors (Lipinski definition) is 7. The Morgan fingerprint density at radius 1 is 1.21 bits per heavy atom. The number of aryl methyl sites for hydroxylation is 1. The van der Waals surface area contributed by atoms with Gasteiger partial charge in [0.1, 0.15) is 23.4 Å². The molecular weight excluding hydrogens is 456 g/mol. The Hall–Kier alpha value is -2.69. The molecule has 9 nitrogen and oxygen atoms in total. The number of ether oxygens (including phenoxy) is 1. The maximum Gasteiger partial charge on any atom is 0.263 e. The van der Waals surface area contributed by atoms with Gasteiger partial charge in [-0.1, -0.05) is 32.4 Å². The number of nitrogens with zero attached hydrogens (tertiary/aromatic N) is 2. The molecule has 3 heterocycles. The predicted octanol–water partition coefficient (Wildman–Crippen LogP) is 2.23. The van der Waals surface area contributed by atoms with Crippen LogP contribution < -0.4 is 10.0 Å². The summed E-state index contributed by atoms with van der Waals surface area (Å²) in [6.07, 6.45) is 0.716. The number of rotatable bonds is 8. The molecular formula is C24H32N4O5S. The minimum Gasteiger partial charge on any atom is -0.465 e. The third kappa shape index (κ3) is 5.18. The maximum atomic E-state index is 13.4. The summed E-state index contributed by atoms with van der Waals surface area (Å²) in [5.74, 6) is 1.49. The lowest BCUT2D eigenvalue weighted by atomic mass is 9.98. The van der Waals surface area contributed by atoms with E-state index in [1.807, 2.05) is 32.9 Å². The molecule has 0 bridgehead atoms.